The number of likely N-dealkylation sites (tertiary alicyclic amines) is 1. The van der Waals surface area contributed by atoms with Crippen molar-refractivity contribution in [3.8, 4) is 0 Å². The second kappa shape index (κ2) is 6.02. The van der Waals surface area contributed by atoms with Crippen molar-refractivity contribution in [2.75, 3.05) is 13.6 Å². The minimum atomic E-state index is 0.683. The van der Waals surface area contributed by atoms with Crippen LogP contribution in [0.5, 0.6) is 0 Å². The maximum absolute atomic E-state index is 3.88. The van der Waals surface area contributed by atoms with Gasteiger partial charge in [-0.2, -0.15) is 0 Å². The van der Waals surface area contributed by atoms with E-state index in [1.54, 1.807) is 0 Å². The Labute approximate surface area is 102 Å². The molecule has 0 saturated carbocycles. The van der Waals surface area contributed by atoms with Crippen LogP contribution in [0.1, 0.15) is 47.5 Å². The zero-order chi connectivity index (χ0) is 12.3. The first-order chi connectivity index (χ1) is 7.45. The maximum atomic E-state index is 3.88. The predicted molar refractivity (Wildman–Crippen MR) is 71.7 cm³/mol. The highest BCUT2D eigenvalue weighted by Crippen LogP contribution is 2.22. The summed E-state index contributed by atoms with van der Waals surface area (Å²) in [6, 6.07) is 2.11. The maximum Gasteiger partial charge on any atom is 0.0122 e. The summed E-state index contributed by atoms with van der Waals surface area (Å²) in [7, 11) is 2.25. The summed E-state index contributed by atoms with van der Waals surface area (Å²) in [5.41, 5.74) is 0. The Morgan fingerprint density at radius 2 is 1.94 bits per heavy atom. The molecule has 2 heteroatoms. The fourth-order valence-corrected chi connectivity index (χ4v) is 2.83. The third kappa shape index (κ3) is 3.46. The number of piperidine rings is 1. The highest BCUT2D eigenvalue weighted by molar-refractivity contribution is 4.88. The first-order valence-electron chi connectivity index (χ1n) is 6.92. The third-order valence-electron chi connectivity index (χ3n) is 4.28. The van der Waals surface area contributed by atoms with E-state index in [0.29, 0.717) is 12.1 Å². The standard InChI is InChI=1S/C14H30N2/c1-7-13(10(2)3)15-14-8-12(5)16(6)9-11(14)4/h10-15H,7-9H2,1-6H3. The molecule has 4 unspecified atom stereocenters. The first kappa shape index (κ1) is 14.0. The predicted octanol–water partition coefficient (Wildman–Crippen LogP) is 2.74. The van der Waals surface area contributed by atoms with E-state index >= 15 is 0 Å². The molecule has 0 radical (unpaired) electrons. The Morgan fingerprint density at radius 1 is 1.31 bits per heavy atom. The van der Waals surface area contributed by atoms with Gasteiger partial charge < -0.3 is 10.2 Å². The number of hydrogen-bond donors (Lipinski definition) is 1. The summed E-state index contributed by atoms with van der Waals surface area (Å²) < 4.78 is 0. The molecule has 1 rings (SSSR count). The van der Waals surface area contributed by atoms with Crippen LogP contribution in [0.15, 0.2) is 0 Å². The average Bonchev–Trinajstić information content (AvgIpc) is 2.21. The molecular weight excluding hydrogens is 196 g/mol. The quantitative estimate of drug-likeness (QED) is 0.793. The molecule has 0 aliphatic carbocycles. The Balaban J connectivity index is 2.52. The zero-order valence-corrected chi connectivity index (χ0v) is 12.0. The van der Waals surface area contributed by atoms with Gasteiger partial charge in [-0.1, -0.05) is 27.7 Å². The van der Waals surface area contributed by atoms with Gasteiger partial charge in [0.15, 0.2) is 0 Å². The molecule has 0 amide bonds. The Morgan fingerprint density at radius 3 is 2.44 bits per heavy atom. The summed E-state index contributed by atoms with van der Waals surface area (Å²) in [4.78, 5) is 2.49. The fraction of sp³-hybridized carbons (Fsp3) is 1.00. The Kier molecular flexibility index (Phi) is 5.26. The molecule has 4 atom stereocenters. The molecule has 0 spiro atoms. The summed E-state index contributed by atoms with van der Waals surface area (Å²) in [5, 5.41) is 3.88. The van der Waals surface area contributed by atoms with Crippen LogP contribution in [0, 0.1) is 11.8 Å². The highest BCUT2D eigenvalue weighted by atomic mass is 15.2. The minimum absolute atomic E-state index is 0.683. The van der Waals surface area contributed by atoms with Gasteiger partial charge in [-0.15, -0.1) is 0 Å². The number of hydrogen-bond acceptors (Lipinski definition) is 2. The van der Waals surface area contributed by atoms with E-state index in [-0.39, 0.29) is 0 Å². The van der Waals surface area contributed by atoms with Crippen molar-refractivity contribution in [2.45, 2.75) is 65.6 Å². The van der Waals surface area contributed by atoms with E-state index in [9.17, 15) is 0 Å². The van der Waals surface area contributed by atoms with E-state index < -0.39 is 0 Å². The van der Waals surface area contributed by atoms with Crippen LogP contribution in [0.25, 0.3) is 0 Å². The lowest BCUT2D eigenvalue weighted by molar-refractivity contribution is 0.110. The van der Waals surface area contributed by atoms with Gasteiger partial charge in [-0.3, -0.25) is 0 Å². The molecule has 0 aromatic rings. The second-order valence-corrected chi connectivity index (χ2v) is 6.03. The van der Waals surface area contributed by atoms with Crippen LogP contribution < -0.4 is 5.32 Å². The van der Waals surface area contributed by atoms with Crippen LogP contribution in [0.3, 0.4) is 0 Å². The van der Waals surface area contributed by atoms with Gasteiger partial charge in [0.05, 0.1) is 0 Å². The van der Waals surface area contributed by atoms with Crippen molar-refractivity contribution in [1.29, 1.82) is 0 Å². The van der Waals surface area contributed by atoms with Crippen molar-refractivity contribution in [3.63, 3.8) is 0 Å². The fourth-order valence-electron chi connectivity index (χ4n) is 2.83. The van der Waals surface area contributed by atoms with Crippen molar-refractivity contribution < 1.29 is 0 Å². The highest BCUT2D eigenvalue weighted by Gasteiger charge is 2.30. The molecule has 1 aliphatic heterocycles. The van der Waals surface area contributed by atoms with E-state index in [1.165, 1.54) is 19.4 Å². The van der Waals surface area contributed by atoms with Gasteiger partial charge in [-0.05, 0) is 38.6 Å². The average molecular weight is 226 g/mol. The third-order valence-corrected chi connectivity index (χ3v) is 4.28. The molecule has 0 bridgehead atoms. The molecular formula is C14H30N2. The lowest BCUT2D eigenvalue weighted by Gasteiger charge is -2.42. The van der Waals surface area contributed by atoms with Gasteiger partial charge in [0.25, 0.3) is 0 Å². The van der Waals surface area contributed by atoms with Crippen molar-refractivity contribution in [3.05, 3.63) is 0 Å². The molecule has 1 N–H and O–H groups in total. The van der Waals surface area contributed by atoms with Crippen LogP contribution in [-0.4, -0.2) is 36.6 Å². The number of nitrogens with zero attached hydrogens (tertiary/aromatic N) is 1. The largest absolute Gasteiger partial charge is 0.311 e. The van der Waals surface area contributed by atoms with E-state index in [0.717, 1.165) is 17.9 Å². The summed E-state index contributed by atoms with van der Waals surface area (Å²) in [6.07, 6.45) is 2.53. The zero-order valence-electron chi connectivity index (χ0n) is 12.0. The molecule has 0 aromatic heterocycles. The molecule has 1 heterocycles. The van der Waals surface area contributed by atoms with Gasteiger partial charge in [0.1, 0.15) is 0 Å². The van der Waals surface area contributed by atoms with Gasteiger partial charge in [0, 0.05) is 24.7 Å². The van der Waals surface area contributed by atoms with Crippen LogP contribution in [0.4, 0.5) is 0 Å². The monoisotopic (exact) mass is 226 g/mol. The lowest BCUT2D eigenvalue weighted by Crippen LogP contribution is -2.54. The smallest absolute Gasteiger partial charge is 0.0122 e. The summed E-state index contributed by atoms with van der Waals surface area (Å²) >= 11 is 0. The number of rotatable bonds is 4. The molecule has 1 fully saturated rings. The van der Waals surface area contributed by atoms with Crippen LogP contribution >= 0.6 is 0 Å². The van der Waals surface area contributed by atoms with E-state index in [1.807, 2.05) is 0 Å². The molecule has 16 heavy (non-hydrogen) atoms. The SMILES string of the molecule is CCC(NC1CC(C)N(C)CC1C)C(C)C. The molecule has 1 saturated heterocycles. The summed E-state index contributed by atoms with van der Waals surface area (Å²) in [5.74, 6) is 1.51. The molecule has 2 nitrogen and oxygen atoms in total. The Bertz CT molecular complexity index is 203. The first-order valence-corrected chi connectivity index (χ1v) is 6.92. The van der Waals surface area contributed by atoms with Gasteiger partial charge >= 0.3 is 0 Å². The van der Waals surface area contributed by atoms with Crippen molar-refractivity contribution in [2.24, 2.45) is 11.8 Å². The van der Waals surface area contributed by atoms with Gasteiger partial charge in [0.2, 0.25) is 0 Å². The second-order valence-electron chi connectivity index (χ2n) is 6.03. The van der Waals surface area contributed by atoms with Crippen molar-refractivity contribution >= 4 is 0 Å². The van der Waals surface area contributed by atoms with E-state index in [4.69, 9.17) is 0 Å². The number of nitrogens with one attached hydrogen (secondary N) is 1. The molecule has 96 valence electrons. The molecule has 1 aliphatic rings. The lowest BCUT2D eigenvalue weighted by atomic mass is 9.88. The van der Waals surface area contributed by atoms with Crippen LogP contribution in [0.2, 0.25) is 0 Å². The van der Waals surface area contributed by atoms with E-state index in [2.05, 4.69) is 51.9 Å². The minimum Gasteiger partial charge on any atom is -0.311 e. The van der Waals surface area contributed by atoms with Gasteiger partial charge in [-0.25, -0.2) is 0 Å². The van der Waals surface area contributed by atoms with Crippen LogP contribution in [-0.2, 0) is 0 Å². The summed E-state index contributed by atoms with van der Waals surface area (Å²) in [6.45, 7) is 12.9. The van der Waals surface area contributed by atoms with Crippen molar-refractivity contribution in [1.82, 2.24) is 10.2 Å². The topological polar surface area (TPSA) is 15.3 Å². The Hall–Kier alpha value is -0.0800. The normalized spacial score (nSPS) is 34.3. The molecule has 0 aromatic carbocycles.